The largest absolute Gasteiger partial charge is 0.369 e. The average Bonchev–Trinajstić information content (AvgIpc) is 2.73. The molecule has 6 nitrogen and oxygen atoms in total. The van der Waals surface area contributed by atoms with E-state index in [1.807, 2.05) is 38.2 Å². The number of aryl methyl sites for hydroxylation is 3. The second kappa shape index (κ2) is 8.15. The van der Waals surface area contributed by atoms with Crippen LogP contribution in [0, 0.1) is 26.7 Å². The molecule has 0 aliphatic carbocycles. The maximum absolute atomic E-state index is 12.8. The van der Waals surface area contributed by atoms with Gasteiger partial charge in [0.25, 0.3) is 0 Å². The summed E-state index contributed by atoms with van der Waals surface area (Å²) in [6.45, 7) is 8.17. The number of benzene rings is 1. The van der Waals surface area contributed by atoms with Gasteiger partial charge in [0.1, 0.15) is 5.52 Å². The Kier molecular flexibility index (Phi) is 5.43. The van der Waals surface area contributed by atoms with Gasteiger partial charge in [-0.2, -0.15) is 0 Å². The predicted molar refractivity (Wildman–Crippen MR) is 115 cm³/mol. The first kappa shape index (κ1) is 19.3. The number of hydrogen-bond donors (Lipinski definition) is 1. The Morgan fingerprint density at radius 1 is 1.17 bits per heavy atom. The molecule has 0 bridgehead atoms. The van der Waals surface area contributed by atoms with Gasteiger partial charge in [0, 0.05) is 19.6 Å². The summed E-state index contributed by atoms with van der Waals surface area (Å²) in [5.41, 5.74) is 6.64. The second-order valence-corrected chi connectivity index (χ2v) is 7.92. The molecule has 0 unspecified atom stereocenters. The molecular formula is C23H27N5O. The van der Waals surface area contributed by atoms with Crippen molar-refractivity contribution in [1.29, 1.82) is 0 Å². The Morgan fingerprint density at radius 2 is 2.00 bits per heavy atom. The number of amides is 1. The van der Waals surface area contributed by atoms with E-state index in [9.17, 15) is 4.79 Å². The molecule has 1 atom stereocenters. The van der Waals surface area contributed by atoms with Crippen LogP contribution < -0.4 is 10.2 Å². The number of nitrogens with one attached hydrogen (secondary N) is 1. The Bertz CT molecular complexity index is 1050. The molecule has 0 spiro atoms. The van der Waals surface area contributed by atoms with Crippen molar-refractivity contribution < 1.29 is 4.79 Å². The van der Waals surface area contributed by atoms with Crippen LogP contribution in [-0.2, 0) is 11.3 Å². The lowest BCUT2D eigenvalue weighted by atomic mass is 9.96. The molecular weight excluding hydrogens is 362 g/mol. The number of carbonyl (C=O) groups excluding carboxylic acids is 1. The topological polar surface area (TPSA) is 71.0 Å². The molecule has 3 aromatic rings. The summed E-state index contributed by atoms with van der Waals surface area (Å²) in [5.74, 6) is 0.103. The van der Waals surface area contributed by atoms with E-state index in [0.717, 1.165) is 47.5 Å². The van der Waals surface area contributed by atoms with Crippen molar-refractivity contribution in [2.24, 2.45) is 5.92 Å². The summed E-state index contributed by atoms with van der Waals surface area (Å²) in [4.78, 5) is 28.6. The minimum atomic E-state index is -0.0184. The Balaban J connectivity index is 1.44. The number of pyridine rings is 1. The van der Waals surface area contributed by atoms with Crippen LogP contribution in [-0.4, -0.2) is 33.9 Å². The van der Waals surface area contributed by atoms with Crippen molar-refractivity contribution in [3.63, 3.8) is 0 Å². The normalized spacial score (nSPS) is 16.8. The van der Waals surface area contributed by atoms with Crippen LogP contribution in [0.4, 0.5) is 5.69 Å². The number of anilines is 1. The summed E-state index contributed by atoms with van der Waals surface area (Å²) in [6.07, 6.45) is 3.74. The van der Waals surface area contributed by atoms with Crippen LogP contribution in [0.1, 0.15) is 35.4 Å². The molecule has 0 saturated carbocycles. The van der Waals surface area contributed by atoms with Gasteiger partial charge in [0.05, 0.1) is 29.2 Å². The van der Waals surface area contributed by atoms with Crippen LogP contribution in [0.25, 0.3) is 11.2 Å². The third-order valence-corrected chi connectivity index (χ3v) is 5.62. The maximum Gasteiger partial charge on any atom is 0.225 e. The lowest BCUT2D eigenvalue weighted by Gasteiger charge is -2.33. The number of carbonyl (C=O) groups is 1. The fraction of sp³-hybridized carbons (Fsp3) is 0.391. The smallest absolute Gasteiger partial charge is 0.225 e. The lowest BCUT2D eigenvalue weighted by molar-refractivity contribution is -0.125. The van der Waals surface area contributed by atoms with Gasteiger partial charge in [0.2, 0.25) is 5.91 Å². The zero-order valence-corrected chi connectivity index (χ0v) is 17.3. The van der Waals surface area contributed by atoms with Gasteiger partial charge in [0.15, 0.2) is 5.65 Å². The highest BCUT2D eigenvalue weighted by molar-refractivity contribution is 5.80. The van der Waals surface area contributed by atoms with Crippen LogP contribution in [0.3, 0.4) is 0 Å². The number of nitrogens with zero attached hydrogens (tertiary/aromatic N) is 4. The molecule has 1 aromatic carbocycles. The third-order valence-electron chi connectivity index (χ3n) is 5.62. The average molecular weight is 390 g/mol. The quantitative estimate of drug-likeness (QED) is 0.740. The molecule has 150 valence electrons. The summed E-state index contributed by atoms with van der Waals surface area (Å²) in [7, 11) is 0. The highest BCUT2D eigenvalue weighted by Crippen LogP contribution is 2.25. The zero-order chi connectivity index (χ0) is 20.4. The van der Waals surface area contributed by atoms with E-state index in [4.69, 9.17) is 0 Å². The molecule has 2 aromatic heterocycles. The van der Waals surface area contributed by atoms with Crippen molar-refractivity contribution >= 4 is 22.8 Å². The van der Waals surface area contributed by atoms with Gasteiger partial charge in [-0.05, 0) is 45.2 Å². The van der Waals surface area contributed by atoms with Gasteiger partial charge in [-0.1, -0.05) is 29.8 Å². The Hall–Kier alpha value is -3.02. The summed E-state index contributed by atoms with van der Waals surface area (Å²) in [6, 6.07) is 10.3. The Labute approximate surface area is 171 Å². The number of piperidine rings is 1. The fourth-order valence-electron chi connectivity index (χ4n) is 3.86. The van der Waals surface area contributed by atoms with Crippen LogP contribution in [0.5, 0.6) is 0 Å². The van der Waals surface area contributed by atoms with Gasteiger partial charge < -0.3 is 10.2 Å². The van der Waals surface area contributed by atoms with E-state index in [1.165, 1.54) is 5.56 Å². The van der Waals surface area contributed by atoms with E-state index in [0.29, 0.717) is 18.7 Å². The van der Waals surface area contributed by atoms with E-state index >= 15 is 0 Å². The Morgan fingerprint density at radius 3 is 2.83 bits per heavy atom. The van der Waals surface area contributed by atoms with Crippen molar-refractivity contribution in [3.8, 4) is 0 Å². The van der Waals surface area contributed by atoms with E-state index in [-0.39, 0.29) is 11.8 Å². The molecule has 1 aliphatic heterocycles. The summed E-state index contributed by atoms with van der Waals surface area (Å²) < 4.78 is 0. The summed E-state index contributed by atoms with van der Waals surface area (Å²) >= 11 is 0. The lowest BCUT2D eigenvalue weighted by Crippen LogP contribution is -2.43. The van der Waals surface area contributed by atoms with Gasteiger partial charge in [-0.3, -0.25) is 4.79 Å². The molecule has 3 heterocycles. The minimum absolute atomic E-state index is 0.0184. The molecule has 6 heteroatoms. The van der Waals surface area contributed by atoms with Crippen molar-refractivity contribution in [3.05, 3.63) is 59.0 Å². The highest BCUT2D eigenvalue weighted by atomic mass is 16.1. The molecule has 1 aliphatic rings. The molecule has 1 amide bonds. The maximum atomic E-state index is 12.8. The van der Waals surface area contributed by atoms with Crippen LogP contribution >= 0.6 is 0 Å². The monoisotopic (exact) mass is 389 g/mol. The molecule has 1 fully saturated rings. The summed E-state index contributed by atoms with van der Waals surface area (Å²) in [5, 5.41) is 3.11. The van der Waals surface area contributed by atoms with Gasteiger partial charge in [-0.15, -0.1) is 0 Å². The first-order valence-electron chi connectivity index (χ1n) is 10.2. The highest BCUT2D eigenvalue weighted by Gasteiger charge is 2.26. The second-order valence-electron chi connectivity index (χ2n) is 7.92. The first-order valence-corrected chi connectivity index (χ1v) is 10.2. The van der Waals surface area contributed by atoms with Crippen LogP contribution in [0.2, 0.25) is 0 Å². The molecule has 1 saturated heterocycles. The molecule has 0 radical (unpaired) electrons. The van der Waals surface area contributed by atoms with Gasteiger partial charge >= 0.3 is 0 Å². The van der Waals surface area contributed by atoms with Crippen molar-refractivity contribution in [2.75, 3.05) is 18.0 Å². The van der Waals surface area contributed by atoms with Gasteiger partial charge in [-0.25, -0.2) is 15.0 Å². The SMILES string of the molecule is Cc1cccc(CNC(=O)[C@@H]2CCCN(c3cnc4nc(C)c(C)nc4c3)C2)c1. The fourth-order valence-corrected chi connectivity index (χ4v) is 3.86. The number of rotatable bonds is 4. The van der Waals surface area contributed by atoms with Crippen LogP contribution in [0.15, 0.2) is 36.5 Å². The first-order chi connectivity index (χ1) is 14.0. The zero-order valence-electron chi connectivity index (χ0n) is 17.3. The number of hydrogen-bond acceptors (Lipinski definition) is 5. The standard InChI is InChI=1S/C23H27N5O/c1-15-6-4-7-18(10-15)12-25-23(29)19-8-5-9-28(14-19)20-11-21-22(24-13-20)27-17(3)16(2)26-21/h4,6-7,10-11,13,19H,5,8-9,12,14H2,1-3H3,(H,25,29)/t19-/m1/s1. The number of aromatic nitrogens is 3. The molecule has 1 N–H and O–H groups in total. The predicted octanol–water partition coefficient (Wildman–Crippen LogP) is 3.48. The van der Waals surface area contributed by atoms with E-state index < -0.39 is 0 Å². The third kappa shape index (κ3) is 4.36. The van der Waals surface area contributed by atoms with E-state index in [1.54, 1.807) is 0 Å². The minimum Gasteiger partial charge on any atom is -0.369 e. The molecule has 29 heavy (non-hydrogen) atoms. The number of fused-ring (bicyclic) bond motifs is 1. The van der Waals surface area contributed by atoms with Crippen molar-refractivity contribution in [1.82, 2.24) is 20.3 Å². The molecule has 4 rings (SSSR count). The van der Waals surface area contributed by atoms with E-state index in [2.05, 4.69) is 44.2 Å². The van der Waals surface area contributed by atoms with Crippen molar-refractivity contribution in [2.45, 2.75) is 40.2 Å².